The van der Waals surface area contributed by atoms with Gasteiger partial charge in [-0.1, -0.05) is 13.8 Å². The van der Waals surface area contributed by atoms with Crippen molar-refractivity contribution in [3.63, 3.8) is 0 Å². The van der Waals surface area contributed by atoms with Crippen LogP contribution in [0.5, 0.6) is 0 Å². The topological polar surface area (TPSA) is 17.8 Å². The zero-order chi connectivity index (χ0) is 10.6. The summed E-state index contributed by atoms with van der Waals surface area (Å²) < 4.78 is 1.89. The van der Waals surface area contributed by atoms with Gasteiger partial charge in [0.25, 0.3) is 0 Å². The van der Waals surface area contributed by atoms with Crippen molar-refractivity contribution in [3.8, 4) is 0 Å². The predicted octanol–water partition coefficient (Wildman–Crippen LogP) is 2.91. The van der Waals surface area contributed by atoms with Crippen molar-refractivity contribution in [1.29, 1.82) is 0 Å². The number of hydrogen-bond acceptors (Lipinski definition) is 2. The number of thioether (sulfide) groups is 1. The molecule has 0 aliphatic heterocycles. The molecule has 1 rings (SSSR count). The quantitative estimate of drug-likeness (QED) is 0.747. The second-order valence-electron chi connectivity index (χ2n) is 4.23. The van der Waals surface area contributed by atoms with Crippen LogP contribution in [0.25, 0.3) is 0 Å². The molecule has 1 atom stereocenters. The van der Waals surface area contributed by atoms with E-state index in [2.05, 4.69) is 31.4 Å². The molecule has 0 amide bonds. The Kier molecular flexibility index (Phi) is 4.52. The van der Waals surface area contributed by atoms with Crippen LogP contribution in [0.1, 0.15) is 31.7 Å². The molecule has 2 nitrogen and oxygen atoms in total. The summed E-state index contributed by atoms with van der Waals surface area (Å²) >= 11 is 1.92. The summed E-state index contributed by atoms with van der Waals surface area (Å²) in [4.78, 5) is 0. The molecule has 14 heavy (non-hydrogen) atoms. The lowest BCUT2D eigenvalue weighted by Gasteiger charge is -2.16. The van der Waals surface area contributed by atoms with E-state index in [4.69, 9.17) is 0 Å². The van der Waals surface area contributed by atoms with Gasteiger partial charge in [-0.2, -0.15) is 16.9 Å². The second kappa shape index (κ2) is 5.44. The average molecular weight is 212 g/mol. The van der Waals surface area contributed by atoms with Crippen LogP contribution < -0.4 is 0 Å². The standard InChI is InChI=1S/C11H20N2S/c1-9(2)5-10(8-14-4)11-6-12-13(3)7-11/h6-7,9-10H,5,8H2,1-4H3. The monoisotopic (exact) mass is 212 g/mol. The Morgan fingerprint density at radius 3 is 2.64 bits per heavy atom. The number of aryl methyl sites for hydroxylation is 1. The Bertz CT molecular complexity index is 268. The van der Waals surface area contributed by atoms with Gasteiger partial charge in [0.15, 0.2) is 0 Å². The predicted molar refractivity (Wildman–Crippen MR) is 63.8 cm³/mol. The molecule has 0 spiro atoms. The van der Waals surface area contributed by atoms with Crippen LogP contribution in [-0.4, -0.2) is 21.8 Å². The third-order valence-electron chi connectivity index (χ3n) is 2.32. The lowest BCUT2D eigenvalue weighted by molar-refractivity contribution is 0.528. The van der Waals surface area contributed by atoms with Crippen LogP contribution in [-0.2, 0) is 7.05 Å². The van der Waals surface area contributed by atoms with E-state index in [1.165, 1.54) is 17.7 Å². The molecule has 0 aliphatic rings. The van der Waals surface area contributed by atoms with Gasteiger partial charge in [0.05, 0.1) is 6.20 Å². The fourth-order valence-electron chi connectivity index (χ4n) is 1.72. The highest BCUT2D eigenvalue weighted by Gasteiger charge is 2.14. The van der Waals surface area contributed by atoms with Crippen molar-refractivity contribution in [2.75, 3.05) is 12.0 Å². The third-order valence-corrected chi connectivity index (χ3v) is 3.06. The minimum atomic E-state index is 0.665. The molecule has 0 aromatic carbocycles. The first-order valence-electron chi connectivity index (χ1n) is 5.11. The second-order valence-corrected chi connectivity index (χ2v) is 5.14. The molecule has 0 N–H and O–H groups in total. The molecule has 0 fully saturated rings. The molecule has 3 heteroatoms. The Hall–Kier alpha value is -0.440. The Morgan fingerprint density at radius 2 is 2.21 bits per heavy atom. The summed E-state index contributed by atoms with van der Waals surface area (Å²) in [6.45, 7) is 4.56. The molecule has 1 aromatic rings. The molecule has 0 saturated carbocycles. The SMILES string of the molecule is CSCC(CC(C)C)c1cnn(C)c1. The smallest absolute Gasteiger partial charge is 0.0524 e. The first kappa shape index (κ1) is 11.6. The fourth-order valence-corrected chi connectivity index (χ4v) is 2.45. The van der Waals surface area contributed by atoms with Gasteiger partial charge in [0.1, 0.15) is 0 Å². The lowest BCUT2D eigenvalue weighted by Crippen LogP contribution is -2.05. The van der Waals surface area contributed by atoms with Crippen molar-refractivity contribution in [2.45, 2.75) is 26.2 Å². The average Bonchev–Trinajstić information content (AvgIpc) is 2.50. The summed E-state index contributed by atoms with van der Waals surface area (Å²) in [5.74, 6) is 2.62. The lowest BCUT2D eigenvalue weighted by atomic mass is 9.94. The highest BCUT2D eigenvalue weighted by molar-refractivity contribution is 7.98. The van der Waals surface area contributed by atoms with E-state index < -0.39 is 0 Å². The van der Waals surface area contributed by atoms with E-state index in [9.17, 15) is 0 Å². The molecule has 0 saturated heterocycles. The van der Waals surface area contributed by atoms with Gasteiger partial charge in [-0.25, -0.2) is 0 Å². The number of aromatic nitrogens is 2. The van der Waals surface area contributed by atoms with Crippen molar-refractivity contribution in [3.05, 3.63) is 18.0 Å². The van der Waals surface area contributed by atoms with Gasteiger partial charge in [0.2, 0.25) is 0 Å². The van der Waals surface area contributed by atoms with Gasteiger partial charge in [-0.3, -0.25) is 4.68 Å². The maximum Gasteiger partial charge on any atom is 0.0524 e. The highest BCUT2D eigenvalue weighted by atomic mass is 32.2. The van der Waals surface area contributed by atoms with Gasteiger partial charge < -0.3 is 0 Å². The van der Waals surface area contributed by atoms with Crippen LogP contribution in [0.15, 0.2) is 12.4 Å². The van der Waals surface area contributed by atoms with Crippen molar-refractivity contribution in [1.82, 2.24) is 9.78 Å². The maximum absolute atomic E-state index is 4.23. The first-order chi connectivity index (χ1) is 6.63. The van der Waals surface area contributed by atoms with Gasteiger partial charge >= 0.3 is 0 Å². The molecule has 80 valence electrons. The van der Waals surface area contributed by atoms with Crippen molar-refractivity contribution < 1.29 is 0 Å². The molecular formula is C11H20N2S. The van der Waals surface area contributed by atoms with E-state index in [1.54, 1.807) is 0 Å². The van der Waals surface area contributed by atoms with Crippen LogP contribution in [0.2, 0.25) is 0 Å². The molecule has 1 aromatic heterocycles. The number of nitrogens with zero attached hydrogens (tertiary/aromatic N) is 2. The van der Waals surface area contributed by atoms with Crippen molar-refractivity contribution >= 4 is 11.8 Å². The summed E-state index contributed by atoms with van der Waals surface area (Å²) in [5.41, 5.74) is 1.38. The van der Waals surface area contributed by atoms with E-state index in [1.807, 2.05) is 29.7 Å². The minimum absolute atomic E-state index is 0.665. The minimum Gasteiger partial charge on any atom is -0.276 e. The van der Waals surface area contributed by atoms with Gasteiger partial charge in [-0.05, 0) is 35.8 Å². The zero-order valence-electron chi connectivity index (χ0n) is 9.53. The Balaban J connectivity index is 2.66. The maximum atomic E-state index is 4.23. The summed E-state index contributed by atoms with van der Waals surface area (Å²) in [6, 6.07) is 0. The molecule has 0 radical (unpaired) electrons. The first-order valence-corrected chi connectivity index (χ1v) is 6.50. The zero-order valence-corrected chi connectivity index (χ0v) is 10.3. The fraction of sp³-hybridized carbons (Fsp3) is 0.727. The Morgan fingerprint density at radius 1 is 1.50 bits per heavy atom. The van der Waals surface area contributed by atoms with Crippen LogP contribution in [0, 0.1) is 5.92 Å². The van der Waals surface area contributed by atoms with Crippen LogP contribution in [0.4, 0.5) is 0 Å². The number of hydrogen-bond donors (Lipinski definition) is 0. The number of rotatable bonds is 5. The molecule has 0 bridgehead atoms. The van der Waals surface area contributed by atoms with E-state index in [0.717, 1.165) is 5.92 Å². The summed E-state index contributed by atoms with van der Waals surface area (Å²) in [5, 5.41) is 4.23. The van der Waals surface area contributed by atoms with Gasteiger partial charge in [-0.15, -0.1) is 0 Å². The van der Waals surface area contributed by atoms with Crippen LogP contribution >= 0.6 is 11.8 Å². The van der Waals surface area contributed by atoms with E-state index >= 15 is 0 Å². The summed E-state index contributed by atoms with van der Waals surface area (Å²) in [7, 11) is 1.98. The van der Waals surface area contributed by atoms with Gasteiger partial charge in [0, 0.05) is 13.2 Å². The third kappa shape index (κ3) is 3.37. The molecular weight excluding hydrogens is 192 g/mol. The van der Waals surface area contributed by atoms with Crippen LogP contribution in [0.3, 0.4) is 0 Å². The largest absolute Gasteiger partial charge is 0.276 e. The van der Waals surface area contributed by atoms with E-state index in [-0.39, 0.29) is 0 Å². The highest BCUT2D eigenvalue weighted by Crippen LogP contribution is 2.26. The molecule has 0 aliphatic carbocycles. The normalized spacial score (nSPS) is 13.5. The summed E-state index contributed by atoms with van der Waals surface area (Å²) in [6.07, 6.45) is 7.57. The van der Waals surface area contributed by atoms with Crippen molar-refractivity contribution in [2.24, 2.45) is 13.0 Å². The van der Waals surface area contributed by atoms with E-state index in [0.29, 0.717) is 5.92 Å². The molecule has 1 unspecified atom stereocenters. The molecule has 1 heterocycles. The Labute approximate surface area is 91.1 Å².